The number of hydrogen-bond donors (Lipinski definition) is 0. The molecule has 0 saturated carbocycles. The van der Waals surface area contributed by atoms with Gasteiger partial charge in [0.05, 0.1) is 12.2 Å². The van der Waals surface area contributed by atoms with Gasteiger partial charge in [-0.15, -0.1) is 0 Å². The zero-order chi connectivity index (χ0) is 16.4. The summed E-state index contributed by atoms with van der Waals surface area (Å²) in [5.41, 5.74) is 1.03. The quantitative estimate of drug-likeness (QED) is 0.862. The summed E-state index contributed by atoms with van der Waals surface area (Å²) in [5, 5.41) is 0. The van der Waals surface area contributed by atoms with Crippen LogP contribution in [0.15, 0.2) is 42.9 Å². The van der Waals surface area contributed by atoms with E-state index in [1.807, 2.05) is 12.3 Å². The van der Waals surface area contributed by atoms with E-state index in [1.54, 1.807) is 18.5 Å². The van der Waals surface area contributed by atoms with Crippen molar-refractivity contribution >= 4 is 0 Å². The summed E-state index contributed by atoms with van der Waals surface area (Å²) < 4.78 is 25.5. The lowest BCUT2D eigenvalue weighted by Gasteiger charge is -2.53. The van der Waals surface area contributed by atoms with E-state index >= 15 is 0 Å². The monoisotopic (exact) mass is 329 g/mol. The van der Waals surface area contributed by atoms with E-state index in [0.717, 1.165) is 32.5 Å². The third-order valence-electron chi connectivity index (χ3n) is 4.60. The second-order valence-corrected chi connectivity index (χ2v) is 6.56. The summed E-state index contributed by atoms with van der Waals surface area (Å²) in [4.78, 5) is 10.5. The Hall–Kier alpha value is -2.05. The van der Waals surface area contributed by atoms with E-state index < -0.39 is 5.82 Å². The summed E-state index contributed by atoms with van der Waals surface area (Å²) in [5.74, 6) is -0.323. The van der Waals surface area contributed by atoms with Crippen LogP contribution in [0.25, 0.3) is 0 Å². The summed E-state index contributed by atoms with van der Waals surface area (Å²) in [6, 6.07) is 6.97. The molecule has 1 atom stereocenters. The average Bonchev–Trinajstić information content (AvgIpc) is 2.57. The maximum Gasteiger partial charge on any atom is 0.250 e. The summed E-state index contributed by atoms with van der Waals surface area (Å²) >= 11 is 0. The topological polar surface area (TPSA) is 47.5 Å². The lowest BCUT2D eigenvalue weighted by atomic mass is 9.84. The first-order valence-electron chi connectivity index (χ1n) is 8.25. The molecule has 2 aliphatic heterocycles. The van der Waals surface area contributed by atoms with Crippen molar-refractivity contribution in [3.05, 3.63) is 54.2 Å². The molecule has 0 radical (unpaired) electrons. The van der Waals surface area contributed by atoms with Gasteiger partial charge in [0.2, 0.25) is 0 Å². The highest BCUT2D eigenvalue weighted by molar-refractivity contribution is 5.14. The Kier molecular flexibility index (Phi) is 4.16. The van der Waals surface area contributed by atoms with Crippen LogP contribution in [0.2, 0.25) is 0 Å². The lowest BCUT2D eigenvalue weighted by molar-refractivity contribution is -0.188. The van der Waals surface area contributed by atoms with Crippen LogP contribution in [0.4, 0.5) is 4.39 Å². The fourth-order valence-corrected chi connectivity index (χ4v) is 3.55. The molecule has 2 saturated heterocycles. The van der Waals surface area contributed by atoms with Crippen LogP contribution in [-0.2, 0) is 11.3 Å². The fourth-order valence-electron chi connectivity index (χ4n) is 3.55. The molecule has 5 nitrogen and oxygen atoms in total. The van der Waals surface area contributed by atoms with Crippen LogP contribution in [0.3, 0.4) is 0 Å². The van der Waals surface area contributed by atoms with Gasteiger partial charge < -0.3 is 9.47 Å². The minimum absolute atomic E-state index is 0.0521. The molecule has 2 aromatic heterocycles. The number of ether oxygens (including phenoxy) is 2. The van der Waals surface area contributed by atoms with Gasteiger partial charge in [-0.2, -0.15) is 0 Å². The highest BCUT2D eigenvalue weighted by Gasteiger charge is 2.48. The van der Waals surface area contributed by atoms with Gasteiger partial charge in [-0.25, -0.2) is 9.37 Å². The van der Waals surface area contributed by atoms with Gasteiger partial charge in [0, 0.05) is 51.1 Å². The first-order valence-corrected chi connectivity index (χ1v) is 8.25. The van der Waals surface area contributed by atoms with Gasteiger partial charge in [0.1, 0.15) is 6.10 Å². The Bertz CT molecular complexity index is 692. The Labute approximate surface area is 140 Å². The lowest BCUT2D eigenvalue weighted by Crippen LogP contribution is -2.65. The maximum atomic E-state index is 13.7. The first kappa shape index (κ1) is 15.5. The maximum absolute atomic E-state index is 13.7. The zero-order valence-electron chi connectivity index (χ0n) is 13.4. The largest absolute Gasteiger partial charge is 0.472 e. The van der Waals surface area contributed by atoms with Crippen LogP contribution < -0.4 is 4.74 Å². The fraction of sp³-hybridized carbons (Fsp3) is 0.444. The molecule has 0 bridgehead atoms. The highest BCUT2D eigenvalue weighted by atomic mass is 19.1. The third kappa shape index (κ3) is 3.25. The minimum Gasteiger partial charge on any atom is -0.472 e. The third-order valence-corrected chi connectivity index (χ3v) is 4.60. The Morgan fingerprint density at radius 1 is 1.29 bits per heavy atom. The number of nitrogens with zero attached hydrogens (tertiary/aromatic N) is 3. The number of halogens is 1. The number of pyridine rings is 2. The smallest absolute Gasteiger partial charge is 0.250 e. The van der Waals surface area contributed by atoms with Gasteiger partial charge in [-0.3, -0.25) is 9.88 Å². The van der Waals surface area contributed by atoms with Gasteiger partial charge >= 0.3 is 0 Å². The molecule has 1 spiro atoms. The van der Waals surface area contributed by atoms with E-state index in [9.17, 15) is 4.39 Å². The molecular formula is C18H20FN3O2. The Morgan fingerprint density at radius 3 is 2.96 bits per heavy atom. The molecule has 0 aromatic carbocycles. The molecule has 2 fully saturated rings. The molecule has 24 heavy (non-hydrogen) atoms. The molecule has 2 aliphatic rings. The molecule has 6 heteroatoms. The number of hydrogen-bond acceptors (Lipinski definition) is 5. The molecule has 4 rings (SSSR count). The molecule has 0 amide bonds. The molecule has 126 valence electrons. The second kappa shape index (κ2) is 6.45. The van der Waals surface area contributed by atoms with Crippen molar-refractivity contribution in [1.82, 2.24) is 14.9 Å². The van der Waals surface area contributed by atoms with E-state index in [2.05, 4.69) is 20.9 Å². The molecule has 0 N–H and O–H groups in total. The standard InChI is InChI=1S/C18H20FN3O2/c19-16-4-2-7-21-17(16)24-15-5-8-23-18(9-15)12-22(13-18)11-14-3-1-6-20-10-14/h1-4,6-7,10,15H,5,8-9,11-13H2/t15-/m0/s1. The Morgan fingerprint density at radius 2 is 2.17 bits per heavy atom. The Balaban J connectivity index is 1.34. The van der Waals surface area contributed by atoms with Crippen molar-refractivity contribution in [3.8, 4) is 5.88 Å². The van der Waals surface area contributed by atoms with Gasteiger partial charge in [-0.1, -0.05) is 6.07 Å². The van der Waals surface area contributed by atoms with Gasteiger partial charge in [0.25, 0.3) is 5.88 Å². The summed E-state index contributed by atoms with van der Waals surface area (Å²) in [7, 11) is 0. The van der Waals surface area contributed by atoms with Crippen molar-refractivity contribution in [1.29, 1.82) is 0 Å². The first-order chi connectivity index (χ1) is 11.7. The van der Waals surface area contributed by atoms with Crippen molar-refractivity contribution in [2.75, 3.05) is 19.7 Å². The van der Waals surface area contributed by atoms with E-state index in [0.29, 0.717) is 6.61 Å². The van der Waals surface area contributed by atoms with Crippen molar-refractivity contribution < 1.29 is 13.9 Å². The van der Waals surface area contributed by atoms with Gasteiger partial charge in [0.15, 0.2) is 5.82 Å². The van der Waals surface area contributed by atoms with Crippen LogP contribution in [-0.4, -0.2) is 46.3 Å². The molecule has 4 heterocycles. The van der Waals surface area contributed by atoms with Crippen LogP contribution >= 0.6 is 0 Å². The predicted octanol–water partition coefficient (Wildman–Crippen LogP) is 2.43. The van der Waals surface area contributed by atoms with Crippen molar-refractivity contribution in [2.24, 2.45) is 0 Å². The van der Waals surface area contributed by atoms with Crippen molar-refractivity contribution in [2.45, 2.75) is 31.1 Å². The second-order valence-electron chi connectivity index (χ2n) is 6.56. The highest BCUT2D eigenvalue weighted by Crippen LogP contribution is 2.36. The molecule has 0 unspecified atom stereocenters. The van der Waals surface area contributed by atoms with E-state index in [-0.39, 0.29) is 17.6 Å². The summed E-state index contributed by atoms with van der Waals surface area (Å²) in [6.07, 6.45) is 6.70. The normalized spacial score (nSPS) is 23.0. The van der Waals surface area contributed by atoms with Crippen LogP contribution in [0, 0.1) is 5.82 Å². The van der Waals surface area contributed by atoms with Gasteiger partial charge in [-0.05, 0) is 23.8 Å². The number of rotatable bonds is 4. The minimum atomic E-state index is -0.412. The van der Waals surface area contributed by atoms with Crippen LogP contribution in [0.5, 0.6) is 5.88 Å². The SMILES string of the molecule is Fc1cccnc1O[C@H]1CCOC2(C1)CN(Cc1cccnc1)C2. The van der Waals surface area contributed by atoms with E-state index in [1.165, 1.54) is 11.6 Å². The van der Waals surface area contributed by atoms with Crippen molar-refractivity contribution in [3.63, 3.8) is 0 Å². The average molecular weight is 329 g/mol. The van der Waals surface area contributed by atoms with E-state index in [4.69, 9.17) is 9.47 Å². The summed E-state index contributed by atoms with van der Waals surface area (Å²) in [6.45, 7) is 3.25. The molecular weight excluding hydrogens is 309 g/mol. The molecule has 0 aliphatic carbocycles. The number of aromatic nitrogens is 2. The number of likely N-dealkylation sites (tertiary alicyclic amines) is 1. The van der Waals surface area contributed by atoms with Crippen LogP contribution in [0.1, 0.15) is 18.4 Å². The predicted molar refractivity (Wildman–Crippen MR) is 86.0 cm³/mol. The molecule has 2 aromatic rings. The zero-order valence-corrected chi connectivity index (χ0v) is 13.4.